The van der Waals surface area contributed by atoms with Crippen LogP contribution >= 0.6 is 0 Å². The zero-order chi connectivity index (χ0) is 25.2. The SMILES string of the molecule is CC(C)(C)C(=O)N(CC(=O)Nc1ccc2c(c1)C[C@@]1(C2)C(=O)Nc2ncccc21)C1CC2CNC1C2. The Morgan fingerprint density at radius 2 is 1.97 bits per heavy atom. The van der Waals surface area contributed by atoms with Gasteiger partial charge < -0.3 is 20.9 Å². The number of fused-ring (bicyclic) bond motifs is 5. The number of hydrogen-bond donors (Lipinski definition) is 3. The molecule has 1 spiro atoms. The van der Waals surface area contributed by atoms with E-state index in [4.69, 9.17) is 0 Å². The number of rotatable bonds is 4. The van der Waals surface area contributed by atoms with E-state index in [0.717, 1.165) is 36.1 Å². The summed E-state index contributed by atoms with van der Waals surface area (Å²) in [5, 5.41) is 9.47. The number of carbonyl (C=O) groups is 3. The highest BCUT2D eigenvalue weighted by molar-refractivity contribution is 6.06. The lowest BCUT2D eigenvalue weighted by Crippen LogP contribution is -2.55. The number of hydrogen-bond acceptors (Lipinski definition) is 5. The summed E-state index contributed by atoms with van der Waals surface area (Å²) in [7, 11) is 0. The summed E-state index contributed by atoms with van der Waals surface area (Å²) in [5.41, 5.74) is 2.59. The lowest BCUT2D eigenvalue weighted by atomic mass is 9.79. The molecule has 6 rings (SSSR count). The van der Waals surface area contributed by atoms with Gasteiger partial charge in [-0.25, -0.2) is 4.98 Å². The van der Waals surface area contributed by atoms with Crippen molar-refractivity contribution in [3.8, 4) is 0 Å². The average Bonchev–Trinajstić information content (AvgIpc) is 3.60. The maximum Gasteiger partial charge on any atom is 0.244 e. The van der Waals surface area contributed by atoms with Crippen molar-refractivity contribution in [2.75, 3.05) is 23.7 Å². The van der Waals surface area contributed by atoms with Crippen LogP contribution in [0.5, 0.6) is 0 Å². The monoisotopic (exact) mass is 487 g/mol. The second-order valence-corrected chi connectivity index (χ2v) is 11.9. The molecule has 8 nitrogen and oxygen atoms in total. The van der Waals surface area contributed by atoms with Gasteiger partial charge in [0.15, 0.2) is 0 Å². The summed E-state index contributed by atoms with van der Waals surface area (Å²) < 4.78 is 0. The second-order valence-electron chi connectivity index (χ2n) is 11.9. The van der Waals surface area contributed by atoms with Gasteiger partial charge in [-0.05, 0) is 67.5 Å². The van der Waals surface area contributed by atoms with E-state index < -0.39 is 10.8 Å². The van der Waals surface area contributed by atoms with E-state index in [0.29, 0.717) is 30.3 Å². The molecule has 2 aromatic rings. The number of aromatic nitrogens is 1. The van der Waals surface area contributed by atoms with E-state index in [2.05, 4.69) is 20.9 Å². The van der Waals surface area contributed by atoms with Crippen molar-refractivity contribution in [3.05, 3.63) is 53.2 Å². The van der Waals surface area contributed by atoms with Crippen molar-refractivity contribution in [2.45, 2.75) is 64.0 Å². The van der Waals surface area contributed by atoms with Gasteiger partial charge in [-0.2, -0.15) is 0 Å². The van der Waals surface area contributed by atoms with E-state index in [-0.39, 0.29) is 36.3 Å². The molecule has 1 saturated heterocycles. The Balaban J connectivity index is 1.19. The zero-order valence-electron chi connectivity index (χ0n) is 21.1. The molecule has 2 bridgehead atoms. The molecule has 4 atom stereocenters. The quantitative estimate of drug-likeness (QED) is 0.615. The molecule has 3 heterocycles. The number of carbonyl (C=O) groups excluding carboxylic acids is 3. The largest absolute Gasteiger partial charge is 0.328 e. The molecule has 3 N–H and O–H groups in total. The van der Waals surface area contributed by atoms with E-state index in [1.807, 2.05) is 51.1 Å². The van der Waals surface area contributed by atoms with Crippen LogP contribution in [0.1, 0.15) is 50.3 Å². The summed E-state index contributed by atoms with van der Waals surface area (Å²) >= 11 is 0. The summed E-state index contributed by atoms with van der Waals surface area (Å²) in [4.78, 5) is 45.6. The number of piperidine rings is 1. The maximum atomic E-state index is 13.3. The first-order chi connectivity index (χ1) is 17.1. The normalized spacial score (nSPS) is 27.6. The van der Waals surface area contributed by atoms with Gasteiger partial charge in [0, 0.05) is 34.9 Å². The molecule has 3 amide bonds. The third-order valence-electron chi connectivity index (χ3n) is 8.38. The Labute approximate surface area is 211 Å². The van der Waals surface area contributed by atoms with Crippen LogP contribution < -0.4 is 16.0 Å². The summed E-state index contributed by atoms with van der Waals surface area (Å²) in [6, 6.07) is 10.0. The van der Waals surface area contributed by atoms with Gasteiger partial charge in [-0.3, -0.25) is 14.4 Å². The van der Waals surface area contributed by atoms with Crippen LogP contribution in [0, 0.1) is 11.3 Å². The third-order valence-corrected chi connectivity index (χ3v) is 8.38. The number of pyridine rings is 1. The maximum absolute atomic E-state index is 13.3. The van der Waals surface area contributed by atoms with Gasteiger partial charge in [0.25, 0.3) is 0 Å². The van der Waals surface area contributed by atoms with Crippen LogP contribution in [0.3, 0.4) is 0 Å². The molecule has 2 aliphatic carbocycles. The van der Waals surface area contributed by atoms with Gasteiger partial charge in [0.1, 0.15) is 12.4 Å². The Morgan fingerprint density at radius 1 is 1.17 bits per heavy atom. The molecule has 2 aliphatic heterocycles. The van der Waals surface area contributed by atoms with Crippen molar-refractivity contribution in [2.24, 2.45) is 11.3 Å². The standard InChI is InChI=1S/C28H33N5O3/c1-27(2,3)26(36)33(22-10-16-9-21(22)30-14-16)15-23(34)31-19-7-6-17-12-28(13-18(17)11-19)20-5-4-8-29-24(20)32-25(28)35/h4-8,11,16,21-22,30H,9-10,12-15H2,1-3H3,(H,31,34)(H,29,32,35)/t16?,21?,22?,28-/m1/s1. The predicted molar refractivity (Wildman–Crippen MR) is 136 cm³/mol. The first-order valence-corrected chi connectivity index (χ1v) is 12.9. The lowest BCUT2D eigenvalue weighted by molar-refractivity contribution is -0.145. The predicted octanol–water partition coefficient (Wildman–Crippen LogP) is 2.63. The summed E-state index contributed by atoms with van der Waals surface area (Å²) in [6.45, 7) is 6.76. The number of benzene rings is 1. The van der Waals surface area contributed by atoms with Gasteiger partial charge in [-0.15, -0.1) is 0 Å². The van der Waals surface area contributed by atoms with Crippen LogP contribution in [0.25, 0.3) is 0 Å². The fraction of sp³-hybridized carbons (Fsp3) is 0.500. The van der Waals surface area contributed by atoms with Crippen LogP contribution in [-0.4, -0.2) is 52.8 Å². The van der Waals surface area contributed by atoms with Crippen molar-refractivity contribution in [1.82, 2.24) is 15.2 Å². The first-order valence-electron chi connectivity index (χ1n) is 12.9. The number of nitrogens with zero attached hydrogens (tertiary/aromatic N) is 2. The minimum Gasteiger partial charge on any atom is -0.328 e. The van der Waals surface area contributed by atoms with Gasteiger partial charge in [0.2, 0.25) is 17.7 Å². The van der Waals surface area contributed by atoms with Crippen LogP contribution in [0.15, 0.2) is 36.5 Å². The Kier molecular flexibility index (Phi) is 5.23. The molecule has 1 saturated carbocycles. The molecule has 2 fully saturated rings. The number of amides is 3. The Hall–Kier alpha value is -3.26. The summed E-state index contributed by atoms with van der Waals surface area (Å²) in [6.07, 6.45) is 4.90. The van der Waals surface area contributed by atoms with Gasteiger partial charge in [-0.1, -0.05) is 32.9 Å². The van der Waals surface area contributed by atoms with E-state index in [9.17, 15) is 14.4 Å². The Morgan fingerprint density at radius 3 is 2.69 bits per heavy atom. The molecule has 4 aliphatic rings. The van der Waals surface area contributed by atoms with Crippen molar-refractivity contribution in [3.63, 3.8) is 0 Å². The van der Waals surface area contributed by atoms with Crippen LogP contribution in [0.4, 0.5) is 11.5 Å². The molecule has 188 valence electrons. The summed E-state index contributed by atoms with van der Waals surface area (Å²) in [5.74, 6) is 1.01. The molecule has 3 unspecified atom stereocenters. The molecular formula is C28H33N5O3. The van der Waals surface area contributed by atoms with Crippen LogP contribution in [0.2, 0.25) is 0 Å². The van der Waals surface area contributed by atoms with Crippen molar-refractivity contribution >= 4 is 29.2 Å². The molecule has 1 aromatic carbocycles. The Bertz CT molecular complexity index is 1270. The zero-order valence-corrected chi connectivity index (χ0v) is 21.1. The molecule has 1 aromatic heterocycles. The lowest BCUT2D eigenvalue weighted by Gasteiger charge is -2.38. The minimum atomic E-state index is -0.640. The molecule has 0 radical (unpaired) electrons. The number of anilines is 2. The van der Waals surface area contributed by atoms with Gasteiger partial charge >= 0.3 is 0 Å². The van der Waals surface area contributed by atoms with E-state index in [1.165, 1.54) is 0 Å². The van der Waals surface area contributed by atoms with E-state index >= 15 is 0 Å². The van der Waals surface area contributed by atoms with Crippen molar-refractivity contribution < 1.29 is 14.4 Å². The second kappa shape index (κ2) is 8.13. The fourth-order valence-electron chi connectivity index (χ4n) is 6.64. The number of nitrogens with one attached hydrogen (secondary N) is 3. The smallest absolute Gasteiger partial charge is 0.244 e. The third kappa shape index (κ3) is 3.70. The molecule has 8 heteroatoms. The highest BCUT2D eigenvalue weighted by Crippen LogP contribution is 2.47. The fourth-order valence-corrected chi connectivity index (χ4v) is 6.64. The highest BCUT2D eigenvalue weighted by atomic mass is 16.2. The van der Waals surface area contributed by atoms with Crippen molar-refractivity contribution in [1.29, 1.82) is 0 Å². The molecule has 36 heavy (non-hydrogen) atoms. The van der Waals surface area contributed by atoms with E-state index in [1.54, 1.807) is 11.1 Å². The topological polar surface area (TPSA) is 103 Å². The molecular weight excluding hydrogens is 454 g/mol. The first kappa shape index (κ1) is 23.2. The minimum absolute atomic E-state index is 0.00687. The highest BCUT2D eigenvalue weighted by Gasteiger charge is 2.51. The average molecular weight is 488 g/mol. The van der Waals surface area contributed by atoms with Gasteiger partial charge in [0.05, 0.1) is 5.41 Å². The van der Waals surface area contributed by atoms with Crippen LogP contribution in [-0.2, 0) is 32.6 Å².